The summed E-state index contributed by atoms with van der Waals surface area (Å²) in [6.07, 6.45) is 0. The number of piperazine rings is 1. The second-order valence-electron chi connectivity index (χ2n) is 6.31. The number of anilines is 1. The van der Waals surface area contributed by atoms with Gasteiger partial charge in [0.1, 0.15) is 5.69 Å². The van der Waals surface area contributed by atoms with E-state index in [1.54, 1.807) is 41.3 Å². The average molecular weight is 388 g/mol. The molecule has 0 radical (unpaired) electrons. The monoisotopic (exact) mass is 387 g/mol. The number of carbonyl (C=O) groups is 2. The minimum Gasteiger partial charge on any atom is -0.362 e. The molecule has 27 heavy (non-hydrogen) atoms. The highest BCUT2D eigenvalue weighted by Crippen LogP contribution is 2.30. The molecule has 1 aliphatic rings. The number of carbonyl (C=O) groups excluding carboxylic acids is 2. The molecule has 0 N–H and O–H groups in total. The van der Waals surface area contributed by atoms with E-state index < -0.39 is 4.92 Å². The van der Waals surface area contributed by atoms with E-state index in [0.29, 0.717) is 48.0 Å². The molecule has 1 saturated heterocycles. The number of nitro benzene ring substituents is 1. The molecule has 0 atom stereocenters. The van der Waals surface area contributed by atoms with Crippen molar-refractivity contribution in [2.45, 2.75) is 6.92 Å². The highest BCUT2D eigenvalue weighted by atomic mass is 35.5. The summed E-state index contributed by atoms with van der Waals surface area (Å²) < 4.78 is 0. The summed E-state index contributed by atoms with van der Waals surface area (Å²) in [6.45, 7) is 3.19. The second kappa shape index (κ2) is 7.75. The normalized spacial score (nSPS) is 14.1. The van der Waals surface area contributed by atoms with E-state index >= 15 is 0 Å². The lowest BCUT2D eigenvalue weighted by Crippen LogP contribution is -2.49. The number of halogens is 1. The van der Waals surface area contributed by atoms with Gasteiger partial charge in [0.2, 0.25) is 0 Å². The third-order valence-electron chi connectivity index (χ3n) is 4.56. The van der Waals surface area contributed by atoms with Crippen LogP contribution < -0.4 is 4.90 Å². The molecule has 2 aromatic rings. The molecule has 0 aromatic heterocycles. The number of hydrogen-bond donors (Lipinski definition) is 0. The van der Waals surface area contributed by atoms with Crippen molar-refractivity contribution >= 4 is 34.7 Å². The molecule has 0 aliphatic carbocycles. The summed E-state index contributed by atoms with van der Waals surface area (Å²) >= 11 is 5.95. The molecule has 1 fully saturated rings. The first-order chi connectivity index (χ1) is 12.9. The average Bonchev–Trinajstić information content (AvgIpc) is 2.67. The van der Waals surface area contributed by atoms with Gasteiger partial charge in [0.25, 0.3) is 11.6 Å². The van der Waals surface area contributed by atoms with E-state index in [-0.39, 0.29) is 17.4 Å². The Kier molecular flexibility index (Phi) is 5.41. The lowest BCUT2D eigenvalue weighted by atomic mass is 10.1. The van der Waals surface area contributed by atoms with E-state index in [9.17, 15) is 19.7 Å². The number of nitrogens with zero attached hydrogens (tertiary/aromatic N) is 3. The first-order valence-electron chi connectivity index (χ1n) is 8.46. The van der Waals surface area contributed by atoms with Gasteiger partial charge in [-0.1, -0.05) is 17.7 Å². The van der Waals surface area contributed by atoms with Crippen LogP contribution in [0.25, 0.3) is 0 Å². The third kappa shape index (κ3) is 4.09. The van der Waals surface area contributed by atoms with Crippen LogP contribution >= 0.6 is 11.6 Å². The Morgan fingerprint density at radius 1 is 1.04 bits per heavy atom. The topological polar surface area (TPSA) is 83.8 Å². The van der Waals surface area contributed by atoms with Gasteiger partial charge in [-0.25, -0.2) is 0 Å². The molecule has 8 heteroatoms. The van der Waals surface area contributed by atoms with Crippen molar-refractivity contribution in [2.75, 3.05) is 31.1 Å². The number of ketones is 1. The predicted molar refractivity (Wildman–Crippen MR) is 103 cm³/mol. The molecule has 1 aliphatic heterocycles. The predicted octanol–water partition coefficient (Wildman–Crippen LogP) is 3.41. The second-order valence-corrected chi connectivity index (χ2v) is 6.74. The minimum absolute atomic E-state index is 0.0997. The number of amides is 1. The minimum atomic E-state index is -0.481. The van der Waals surface area contributed by atoms with Crippen LogP contribution in [0.2, 0.25) is 5.02 Å². The van der Waals surface area contributed by atoms with Crippen molar-refractivity contribution < 1.29 is 14.5 Å². The molecule has 0 unspecified atom stereocenters. The van der Waals surface area contributed by atoms with Gasteiger partial charge >= 0.3 is 0 Å². The summed E-state index contributed by atoms with van der Waals surface area (Å²) in [5, 5.41) is 11.9. The van der Waals surface area contributed by atoms with Gasteiger partial charge in [0.15, 0.2) is 5.78 Å². The standard InChI is InChI=1S/C19H18ClN3O4/c1-13(24)14-5-6-17(18(12-14)23(26)27)21-7-9-22(10-8-21)19(25)15-3-2-4-16(20)11-15/h2-6,11-12H,7-10H2,1H3. The van der Waals surface area contributed by atoms with E-state index in [2.05, 4.69) is 0 Å². The first-order valence-corrected chi connectivity index (χ1v) is 8.84. The first kappa shape index (κ1) is 18.8. The van der Waals surface area contributed by atoms with Gasteiger partial charge in [-0.15, -0.1) is 0 Å². The van der Waals surface area contributed by atoms with Crippen LogP contribution in [0.15, 0.2) is 42.5 Å². The lowest BCUT2D eigenvalue weighted by Gasteiger charge is -2.36. The molecule has 1 amide bonds. The van der Waals surface area contributed by atoms with E-state index in [1.807, 2.05) is 4.90 Å². The SMILES string of the molecule is CC(=O)c1ccc(N2CCN(C(=O)c3cccc(Cl)c3)CC2)c([N+](=O)[O-])c1. The Hall–Kier alpha value is -2.93. The van der Waals surface area contributed by atoms with Crippen molar-refractivity contribution in [2.24, 2.45) is 0 Å². The van der Waals surface area contributed by atoms with Crippen LogP contribution in [0.5, 0.6) is 0 Å². The summed E-state index contributed by atoms with van der Waals surface area (Å²) in [6, 6.07) is 11.3. The molecule has 0 bridgehead atoms. The van der Waals surface area contributed by atoms with Crippen molar-refractivity contribution in [1.82, 2.24) is 4.90 Å². The number of hydrogen-bond acceptors (Lipinski definition) is 5. The molecule has 1 heterocycles. The maximum atomic E-state index is 12.6. The maximum absolute atomic E-state index is 12.6. The van der Waals surface area contributed by atoms with Gasteiger partial charge in [0, 0.05) is 48.4 Å². The van der Waals surface area contributed by atoms with Crippen molar-refractivity contribution in [1.29, 1.82) is 0 Å². The van der Waals surface area contributed by atoms with E-state index in [1.165, 1.54) is 13.0 Å². The molecule has 140 valence electrons. The van der Waals surface area contributed by atoms with Crippen molar-refractivity contribution in [3.05, 3.63) is 68.7 Å². The van der Waals surface area contributed by atoms with Gasteiger partial charge < -0.3 is 9.80 Å². The lowest BCUT2D eigenvalue weighted by molar-refractivity contribution is -0.384. The zero-order chi connectivity index (χ0) is 19.6. The van der Waals surface area contributed by atoms with Crippen LogP contribution in [-0.4, -0.2) is 47.7 Å². The van der Waals surface area contributed by atoms with Crippen molar-refractivity contribution in [3.63, 3.8) is 0 Å². The fourth-order valence-electron chi connectivity index (χ4n) is 3.11. The maximum Gasteiger partial charge on any atom is 0.293 e. The Morgan fingerprint density at radius 3 is 2.33 bits per heavy atom. The van der Waals surface area contributed by atoms with Crippen LogP contribution in [-0.2, 0) is 0 Å². The smallest absolute Gasteiger partial charge is 0.293 e. The molecule has 2 aromatic carbocycles. The highest BCUT2D eigenvalue weighted by molar-refractivity contribution is 6.30. The summed E-state index contributed by atoms with van der Waals surface area (Å²) in [7, 11) is 0. The molecule has 0 spiro atoms. The number of rotatable bonds is 4. The Bertz CT molecular complexity index is 908. The summed E-state index contributed by atoms with van der Waals surface area (Å²) in [5.41, 5.74) is 1.19. The third-order valence-corrected chi connectivity index (χ3v) is 4.79. The zero-order valence-corrected chi connectivity index (χ0v) is 15.5. The Morgan fingerprint density at radius 2 is 1.74 bits per heavy atom. The largest absolute Gasteiger partial charge is 0.362 e. The van der Waals surface area contributed by atoms with Gasteiger partial charge in [-0.2, -0.15) is 0 Å². The van der Waals surface area contributed by atoms with Gasteiger partial charge in [-0.3, -0.25) is 19.7 Å². The zero-order valence-electron chi connectivity index (χ0n) is 14.7. The van der Waals surface area contributed by atoms with Crippen molar-refractivity contribution in [3.8, 4) is 0 Å². The molecular weight excluding hydrogens is 370 g/mol. The van der Waals surface area contributed by atoms with Gasteiger partial charge in [0.05, 0.1) is 4.92 Å². The van der Waals surface area contributed by atoms with E-state index in [4.69, 9.17) is 11.6 Å². The molecule has 3 rings (SSSR count). The quantitative estimate of drug-likeness (QED) is 0.456. The van der Waals surface area contributed by atoms with E-state index in [0.717, 1.165) is 0 Å². The number of benzene rings is 2. The summed E-state index contributed by atoms with van der Waals surface area (Å²) in [5.74, 6) is -0.333. The highest BCUT2D eigenvalue weighted by Gasteiger charge is 2.27. The molecular formula is C19H18ClN3O4. The van der Waals surface area contributed by atoms with Crippen LogP contribution in [0, 0.1) is 10.1 Å². The molecule has 7 nitrogen and oxygen atoms in total. The van der Waals surface area contributed by atoms with Crippen LogP contribution in [0.3, 0.4) is 0 Å². The Balaban J connectivity index is 1.75. The van der Waals surface area contributed by atoms with Crippen LogP contribution in [0.4, 0.5) is 11.4 Å². The van der Waals surface area contributed by atoms with Crippen LogP contribution in [0.1, 0.15) is 27.6 Å². The Labute approximate surface area is 161 Å². The number of Topliss-reactive ketones (excluding diaryl/α,β-unsaturated/α-hetero) is 1. The fourth-order valence-corrected chi connectivity index (χ4v) is 3.30. The fraction of sp³-hybridized carbons (Fsp3) is 0.263. The summed E-state index contributed by atoms with van der Waals surface area (Å²) in [4.78, 5) is 38.6. The number of nitro groups is 1. The molecule has 0 saturated carbocycles. The van der Waals surface area contributed by atoms with Gasteiger partial charge in [-0.05, 0) is 37.3 Å².